The Hall–Kier alpha value is -1.14. The molecule has 25 heavy (non-hydrogen) atoms. The van der Waals surface area contributed by atoms with E-state index < -0.39 is 28.9 Å². The van der Waals surface area contributed by atoms with E-state index in [1.807, 2.05) is 13.8 Å². The quantitative estimate of drug-likeness (QED) is 0.613. The topological polar surface area (TPSA) is 115 Å². The van der Waals surface area contributed by atoms with E-state index >= 15 is 0 Å². The molecule has 6 heteroatoms. The normalized spacial score (nSPS) is 22.3. The molecular formula is C19H36O6. The summed E-state index contributed by atoms with van der Waals surface area (Å²) in [6, 6.07) is 0. The van der Waals surface area contributed by atoms with Crippen LogP contribution in [0, 0.1) is 10.8 Å². The monoisotopic (exact) mass is 360 g/mol. The van der Waals surface area contributed by atoms with Crippen molar-refractivity contribution in [2.24, 2.45) is 10.8 Å². The van der Waals surface area contributed by atoms with Crippen LogP contribution in [0.15, 0.2) is 0 Å². The number of carboxylic acid groups (broad SMARTS) is 2. The summed E-state index contributed by atoms with van der Waals surface area (Å²) in [5.41, 5.74) is -0.809. The van der Waals surface area contributed by atoms with Crippen LogP contribution in [0.3, 0.4) is 0 Å². The first-order valence-electron chi connectivity index (χ1n) is 9.33. The number of rotatable bonds is 3. The highest BCUT2D eigenvalue weighted by molar-refractivity contribution is 5.74. The lowest BCUT2D eigenvalue weighted by Gasteiger charge is -2.28. The molecule has 2 rings (SSSR count). The summed E-state index contributed by atoms with van der Waals surface area (Å²) in [6.45, 7) is 5.10. The smallest absolute Gasteiger partial charge is 0.309 e. The SMILES string of the molecule is CC(O)CO.CC1(C(=O)O)CCCCC1.CC1(C(=O)O)CCCCC1. The molecule has 0 spiro atoms. The summed E-state index contributed by atoms with van der Waals surface area (Å²) in [6.07, 6.45) is 9.66. The Balaban J connectivity index is 0.000000368. The van der Waals surface area contributed by atoms with Crippen molar-refractivity contribution in [3.05, 3.63) is 0 Å². The predicted molar refractivity (Wildman–Crippen MR) is 96.4 cm³/mol. The van der Waals surface area contributed by atoms with E-state index in [0.29, 0.717) is 0 Å². The van der Waals surface area contributed by atoms with Crippen molar-refractivity contribution in [2.75, 3.05) is 6.61 Å². The first-order chi connectivity index (χ1) is 11.6. The van der Waals surface area contributed by atoms with Crippen LogP contribution in [0.5, 0.6) is 0 Å². The van der Waals surface area contributed by atoms with Crippen LogP contribution in [0.4, 0.5) is 0 Å². The summed E-state index contributed by atoms with van der Waals surface area (Å²) in [7, 11) is 0. The Morgan fingerprint density at radius 3 is 1.16 bits per heavy atom. The minimum Gasteiger partial charge on any atom is -0.481 e. The number of hydrogen-bond acceptors (Lipinski definition) is 4. The fourth-order valence-corrected chi connectivity index (χ4v) is 3.09. The second-order valence-electron chi connectivity index (χ2n) is 7.88. The van der Waals surface area contributed by atoms with Crippen LogP contribution in [-0.2, 0) is 9.59 Å². The third-order valence-electron chi connectivity index (χ3n) is 5.21. The maximum absolute atomic E-state index is 10.7. The molecule has 0 aromatic carbocycles. The van der Waals surface area contributed by atoms with E-state index in [1.54, 1.807) is 0 Å². The average Bonchev–Trinajstić information content (AvgIpc) is 2.57. The number of aliphatic carboxylic acids is 2. The third-order valence-corrected chi connectivity index (χ3v) is 5.21. The van der Waals surface area contributed by atoms with Crippen LogP contribution in [0.2, 0.25) is 0 Å². The van der Waals surface area contributed by atoms with Crippen LogP contribution < -0.4 is 0 Å². The fourth-order valence-electron chi connectivity index (χ4n) is 3.09. The number of carboxylic acids is 2. The number of aliphatic hydroxyl groups is 2. The molecule has 2 aliphatic rings. The van der Waals surface area contributed by atoms with Gasteiger partial charge in [0.05, 0.1) is 23.5 Å². The van der Waals surface area contributed by atoms with Crippen LogP contribution in [0.1, 0.15) is 85.0 Å². The Labute approximate surface area is 151 Å². The molecule has 6 nitrogen and oxygen atoms in total. The Bertz CT molecular complexity index is 359. The summed E-state index contributed by atoms with van der Waals surface area (Å²) in [4.78, 5) is 21.4. The first kappa shape index (κ1) is 23.9. The van der Waals surface area contributed by atoms with Crippen molar-refractivity contribution in [3.63, 3.8) is 0 Å². The Kier molecular flexibility index (Phi) is 10.9. The van der Waals surface area contributed by atoms with E-state index in [4.69, 9.17) is 20.4 Å². The van der Waals surface area contributed by atoms with E-state index in [9.17, 15) is 9.59 Å². The molecule has 148 valence electrons. The summed E-state index contributed by atoms with van der Waals surface area (Å²) >= 11 is 0. The lowest BCUT2D eigenvalue weighted by atomic mass is 9.76. The highest BCUT2D eigenvalue weighted by Gasteiger charge is 2.34. The molecule has 0 saturated heterocycles. The first-order valence-corrected chi connectivity index (χ1v) is 9.33. The standard InChI is InChI=1S/2C8H14O2.C3H8O2/c2*1-8(7(9)10)5-3-2-4-6-8;1-3(5)2-4/h2*2-6H2,1H3,(H,9,10);3-5H,2H2,1H3. The predicted octanol–water partition coefficient (Wildman–Crippen LogP) is 3.44. The zero-order valence-corrected chi connectivity index (χ0v) is 16.0. The van der Waals surface area contributed by atoms with Gasteiger partial charge in [0.1, 0.15) is 0 Å². The van der Waals surface area contributed by atoms with Crippen molar-refractivity contribution in [1.29, 1.82) is 0 Å². The number of hydrogen-bond donors (Lipinski definition) is 4. The van der Waals surface area contributed by atoms with Gasteiger partial charge in [-0.05, 0) is 46.5 Å². The maximum Gasteiger partial charge on any atom is 0.309 e. The minimum absolute atomic E-state index is 0.139. The molecule has 2 aliphatic carbocycles. The summed E-state index contributed by atoms with van der Waals surface area (Å²) in [5.74, 6) is -1.24. The highest BCUT2D eigenvalue weighted by atomic mass is 16.4. The largest absolute Gasteiger partial charge is 0.481 e. The molecule has 0 aliphatic heterocycles. The van der Waals surface area contributed by atoms with Gasteiger partial charge in [0, 0.05) is 0 Å². The van der Waals surface area contributed by atoms with Gasteiger partial charge in [0.2, 0.25) is 0 Å². The van der Waals surface area contributed by atoms with Crippen LogP contribution in [0.25, 0.3) is 0 Å². The van der Waals surface area contributed by atoms with Gasteiger partial charge in [-0.2, -0.15) is 0 Å². The fraction of sp³-hybridized carbons (Fsp3) is 0.895. The zero-order valence-electron chi connectivity index (χ0n) is 16.0. The molecule has 2 fully saturated rings. The molecule has 1 unspecified atom stereocenters. The van der Waals surface area contributed by atoms with Gasteiger partial charge in [0.15, 0.2) is 0 Å². The lowest BCUT2D eigenvalue weighted by molar-refractivity contribution is -0.150. The molecule has 0 bridgehead atoms. The van der Waals surface area contributed by atoms with Crippen LogP contribution >= 0.6 is 0 Å². The van der Waals surface area contributed by atoms with Crippen molar-refractivity contribution >= 4 is 11.9 Å². The van der Waals surface area contributed by atoms with Crippen molar-refractivity contribution in [3.8, 4) is 0 Å². The molecule has 4 N–H and O–H groups in total. The van der Waals surface area contributed by atoms with Gasteiger partial charge in [-0.25, -0.2) is 0 Å². The summed E-state index contributed by atoms with van der Waals surface area (Å²) in [5, 5.41) is 33.6. The van der Waals surface area contributed by atoms with E-state index in [0.717, 1.165) is 51.4 Å². The summed E-state index contributed by atoms with van der Waals surface area (Å²) < 4.78 is 0. The Morgan fingerprint density at radius 2 is 1.04 bits per heavy atom. The van der Waals surface area contributed by atoms with E-state index in [-0.39, 0.29) is 6.61 Å². The molecule has 0 amide bonds. The van der Waals surface area contributed by atoms with Crippen molar-refractivity contribution in [2.45, 2.75) is 91.1 Å². The van der Waals surface area contributed by atoms with Gasteiger partial charge < -0.3 is 20.4 Å². The van der Waals surface area contributed by atoms with E-state index in [2.05, 4.69) is 0 Å². The Morgan fingerprint density at radius 1 is 0.800 bits per heavy atom. The lowest BCUT2D eigenvalue weighted by Crippen LogP contribution is -2.29. The van der Waals surface area contributed by atoms with Gasteiger partial charge >= 0.3 is 11.9 Å². The molecule has 0 heterocycles. The van der Waals surface area contributed by atoms with Gasteiger partial charge in [0.25, 0.3) is 0 Å². The average molecular weight is 360 g/mol. The maximum atomic E-state index is 10.7. The molecule has 1 atom stereocenters. The third kappa shape index (κ3) is 9.21. The van der Waals surface area contributed by atoms with Gasteiger partial charge in [-0.1, -0.05) is 38.5 Å². The molecule has 0 aromatic heterocycles. The second-order valence-corrected chi connectivity index (χ2v) is 7.88. The van der Waals surface area contributed by atoms with Crippen molar-refractivity contribution in [1.82, 2.24) is 0 Å². The zero-order chi connectivity index (χ0) is 19.5. The van der Waals surface area contributed by atoms with Gasteiger partial charge in [-0.15, -0.1) is 0 Å². The minimum atomic E-state index is -0.618. The molecule has 0 aromatic rings. The number of aliphatic hydroxyl groups excluding tert-OH is 2. The van der Waals surface area contributed by atoms with Gasteiger partial charge in [-0.3, -0.25) is 9.59 Å². The highest BCUT2D eigenvalue weighted by Crippen LogP contribution is 2.36. The number of carbonyl (C=O) groups is 2. The molecule has 2 saturated carbocycles. The molecular weight excluding hydrogens is 324 g/mol. The van der Waals surface area contributed by atoms with Crippen LogP contribution in [-0.4, -0.2) is 45.1 Å². The molecule has 0 radical (unpaired) electrons. The van der Waals surface area contributed by atoms with E-state index in [1.165, 1.54) is 19.8 Å². The van der Waals surface area contributed by atoms with Crippen molar-refractivity contribution < 1.29 is 30.0 Å². The second kappa shape index (κ2) is 11.5.